The first-order valence-electron chi connectivity index (χ1n) is 8.92. The van der Waals surface area contributed by atoms with Gasteiger partial charge in [0.05, 0.1) is 13.2 Å². The molecule has 0 aromatic carbocycles. The molecule has 1 atom stereocenters. The molecule has 0 bridgehead atoms. The zero-order chi connectivity index (χ0) is 15.0. The first-order chi connectivity index (χ1) is 10.3. The number of aliphatic hydroxyl groups is 1. The monoisotopic (exact) mass is 298 g/mol. The molecule has 0 aromatic heterocycles. The van der Waals surface area contributed by atoms with Gasteiger partial charge >= 0.3 is 0 Å². The first-order valence-corrected chi connectivity index (χ1v) is 8.92. The summed E-state index contributed by atoms with van der Waals surface area (Å²) in [6, 6.07) is 0.471. The highest BCUT2D eigenvalue weighted by Crippen LogP contribution is 2.37. The van der Waals surface area contributed by atoms with Gasteiger partial charge in [-0.1, -0.05) is 26.2 Å². The summed E-state index contributed by atoms with van der Waals surface area (Å²) < 4.78 is 5.48. The third-order valence-corrected chi connectivity index (χ3v) is 5.31. The third-order valence-electron chi connectivity index (χ3n) is 5.31. The van der Waals surface area contributed by atoms with Crippen LogP contribution in [0.4, 0.5) is 0 Å². The Kier molecular flexibility index (Phi) is 7.44. The number of hydrogen-bond acceptors (Lipinski definition) is 4. The van der Waals surface area contributed by atoms with Crippen LogP contribution < -0.4 is 5.32 Å². The summed E-state index contributed by atoms with van der Waals surface area (Å²) >= 11 is 0. The van der Waals surface area contributed by atoms with Crippen LogP contribution in [0, 0.1) is 5.41 Å². The molecule has 21 heavy (non-hydrogen) atoms. The van der Waals surface area contributed by atoms with Crippen molar-refractivity contribution in [1.29, 1.82) is 0 Å². The maximum absolute atomic E-state index is 9.17. The van der Waals surface area contributed by atoms with Gasteiger partial charge in [0.25, 0.3) is 0 Å². The Hall–Kier alpha value is -0.160. The SMILES string of the molecule is CCC(CCO)NCC1(CN2CCOCC2)CCCCC1. The Morgan fingerprint density at radius 1 is 1.19 bits per heavy atom. The zero-order valence-corrected chi connectivity index (χ0v) is 13.8. The van der Waals surface area contributed by atoms with Crippen molar-refractivity contribution in [3.05, 3.63) is 0 Å². The van der Waals surface area contributed by atoms with Gasteiger partial charge in [0.1, 0.15) is 0 Å². The van der Waals surface area contributed by atoms with Crippen molar-refractivity contribution >= 4 is 0 Å². The lowest BCUT2D eigenvalue weighted by Crippen LogP contribution is -2.50. The van der Waals surface area contributed by atoms with Crippen LogP contribution in [0.1, 0.15) is 51.9 Å². The minimum atomic E-state index is 0.294. The maximum atomic E-state index is 9.17. The van der Waals surface area contributed by atoms with Crippen LogP contribution in [0.3, 0.4) is 0 Å². The predicted molar refractivity (Wildman–Crippen MR) is 86.6 cm³/mol. The van der Waals surface area contributed by atoms with Crippen LogP contribution in [-0.4, -0.2) is 62.0 Å². The molecule has 1 saturated carbocycles. The zero-order valence-electron chi connectivity index (χ0n) is 13.8. The number of nitrogens with one attached hydrogen (secondary N) is 1. The molecule has 0 amide bonds. The van der Waals surface area contributed by atoms with E-state index in [0.717, 1.165) is 45.7 Å². The molecule has 4 heteroatoms. The lowest BCUT2D eigenvalue weighted by atomic mass is 9.73. The predicted octanol–water partition coefficient (Wildman–Crippen LogP) is 2.02. The van der Waals surface area contributed by atoms with E-state index in [1.807, 2.05) is 0 Å². The second-order valence-corrected chi connectivity index (χ2v) is 6.95. The molecule has 1 unspecified atom stereocenters. The van der Waals surface area contributed by atoms with Crippen LogP contribution in [0.25, 0.3) is 0 Å². The fraction of sp³-hybridized carbons (Fsp3) is 1.00. The number of ether oxygens (including phenoxy) is 1. The minimum Gasteiger partial charge on any atom is -0.396 e. The standard InChI is InChI=1S/C17H34N2O2/c1-2-16(6-11-20)18-14-17(7-4-3-5-8-17)15-19-9-12-21-13-10-19/h16,18,20H,2-15H2,1H3. The molecule has 2 fully saturated rings. The molecule has 1 saturated heterocycles. The number of nitrogens with zero attached hydrogens (tertiary/aromatic N) is 1. The molecule has 2 rings (SSSR count). The molecule has 1 heterocycles. The van der Waals surface area contributed by atoms with Gasteiger partial charge in [-0.3, -0.25) is 4.90 Å². The fourth-order valence-corrected chi connectivity index (χ4v) is 3.89. The van der Waals surface area contributed by atoms with Crippen molar-refractivity contribution < 1.29 is 9.84 Å². The molecule has 0 spiro atoms. The lowest BCUT2D eigenvalue weighted by molar-refractivity contribution is 0.00634. The normalized spacial score (nSPS) is 24.9. The summed E-state index contributed by atoms with van der Waals surface area (Å²) in [6.45, 7) is 8.81. The van der Waals surface area contributed by atoms with Gasteiger partial charge in [0.15, 0.2) is 0 Å². The van der Waals surface area contributed by atoms with Crippen LogP contribution in [0.5, 0.6) is 0 Å². The average molecular weight is 298 g/mol. The molecular formula is C17H34N2O2. The molecule has 2 N–H and O–H groups in total. The van der Waals surface area contributed by atoms with Crippen molar-refractivity contribution in [3.63, 3.8) is 0 Å². The highest BCUT2D eigenvalue weighted by atomic mass is 16.5. The molecule has 1 aliphatic heterocycles. The Bertz CT molecular complexity index is 274. The molecule has 0 aromatic rings. The van der Waals surface area contributed by atoms with Crippen molar-refractivity contribution in [2.75, 3.05) is 46.0 Å². The third kappa shape index (κ3) is 5.51. The highest BCUT2D eigenvalue weighted by molar-refractivity contribution is 4.89. The molecule has 0 radical (unpaired) electrons. The topological polar surface area (TPSA) is 44.7 Å². The quantitative estimate of drug-likeness (QED) is 0.719. The molecule has 2 aliphatic rings. The summed E-state index contributed by atoms with van der Waals surface area (Å²) in [7, 11) is 0. The van der Waals surface area contributed by atoms with E-state index in [2.05, 4.69) is 17.1 Å². The van der Waals surface area contributed by atoms with Crippen molar-refractivity contribution in [2.45, 2.75) is 57.9 Å². The summed E-state index contributed by atoms with van der Waals surface area (Å²) in [6.07, 6.45) is 8.85. The second kappa shape index (κ2) is 9.09. The van der Waals surface area contributed by atoms with E-state index in [9.17, 15) is 0 Å². The van der Waals surface area contributed by atoms with Crippen LogP contribution in [0.2, 0.25) is 0 Å². The number of morpholine rings is 1. The Morgan fingerprint density at radius 2 is 1.90 bits per heavy atom. The van der Waals surface area contributed by atoms with E-state index < -0.39 is 0 Å². The Balaban J connectivity index is 1.88. The lowest BCUT2D eigenvalue weighted by Gasteiger charge is -2.43. The minimum absolute atomic E-state index is 0.294. The van der Waals surface area contributed by atoms with Gasteiger partial charge in [-0.2, -0.15) is 0 Å². The Labute approximate surface area is 130 Å². The summed E-state index contributed by atoms with van der Waals surface area (Å²) in [4.78, 5) is 2.60. The summed E-state index contributed by atoms with van der Waals surface area (Å²) in [5.74, 6) is 0. The van der Waals surface area contributed by atoms with Gasteiger partial charge < -0.3 is 15.2 Å². The molecule has 1 aliphatic carbocycles. The fourth-order valence-electron chi connectivity index (χ4n) is 3.89. The number of rotatable bonds is 8. The van der Waals surface area contributed by atoms with Crippen LogP contribution >= 0.6 is 0 Å². The van der Waals surface area contributed by atoms with E-state index in [0.29, 0.717) is 18.1 Å². The van der Waals surface area contributed by atoms with E-state index in [1.54, 1.807) is 0 Å². The summed E-state index contributed by atoms with van der Waals surface area (Å²) in [5, 5.41) is 12.9. The van der Waals surface area contributed by atoms with E-state index in [-0.39, 0.29) is 0 Å². The number of hydrogen-bond donors (Lipinski definition) is 2. The van der Waals surface area contributed by atoms with E-state index in [1.165, 1.54) is 38.6 Å². The van der Waals surface area contributed by atoms with Crippen LogP contribution in [-0.2, 0) is 4.74 Å². The Morgan fingerprint density at radius 3 is 2.52 bits per heavy atom. The number of aliphatic hydroxyl groups excluding tert-OH is 1. The largest absolute Gasteiger partial charge is 0.396 e. The van der Waals surface area contributed by atoms with Gasteiger partial charge in [0, 0.05) is 38.8 Å². The van der Waals surface area contributed by atoms with Gasteiger partial charge in [-0.25, -0.2) is 0 Å². The van der Waals surface area contributed by atoms with Gasteiger partial charge in [-0.15, -0.1) is 0 Å². The van der Waals surface area contributed by atoms with Crippen molar-refractivity contribution in [3.8, 4) is 0 Å². The molecule has 124 valence electrons. The van der Waals surface area contributed by atoms with Crippen molar-refractivity contribution in [2.24, 2.45) is 5.41 Å². The molecule has 4 nitrogen and oxygen atoms in total. The molecular weight excluding hydrogens is 264 g/mol. The van der Waals surface area contributed by atoms with E-state index >= 15 is 0 Å². The average Bonchev–Trinajstić information content (AvgIpc) is 2.53. The first kappa shape index (κ1) is 17.2. The van der Waals surface area contributed by atoms with E-state index in [4.69, 9.17) is 9.84 Å². The van der Waals surface area contributed by atoms with Gasteiger partial charge in [0.2, 0.25) is 0 Å². The van der Waals surface area contributed by atoms with Crippen molar-refractivity contribution in [1.82, 2.24) is 10.2 Å². The van der Waals surface area contributed by atoms with Gasteiger partial charge in [-0.05, 0) is 31.1 Å². The smallest absolute Gasteiger partial charge is 0.0594 e. The van der Waals surface area contributed by atoms with Crippen LogP contribution in [0.15, 0.2) is 0 Å². The highest BCUT2D eigenvalue weighted by Gasteiger charge is 2.34. The summed E-state index contributed by atoms with van der Waals surface area (Å²) in [5.41, 5.74) is 0.443. The second-order valence-electron chi connectivity index (χ2n) is 6.95. The maximum Gasteiger partial charge on any atom is 0.0594 e.